The van der Waals surface area contributed by atoms with E-state index in [-0.39, 0.29) is 11.6 Å². The normalized spacial score (nSPS) is 14.0. The SMILES string of the molecule is O=C(O)/C=C\C(=O)O.O=C(O)c1ccccc1OCCN1CCN(C(c2ccccc2)c2ccccc2)CC1. The monoisotopic (exact) mass is 532 g/mol. The molecule has 3 aromatic carbocycles. The second-order valence-corrected chi connectivity index (χ2v) is 8.76. The lowest BCUT2D eigenvalue weighted by Crippen LogP contribution is -2.48. The average Bonchev–Trinajstić information content (AvgIpc) is 2.95. The third-order valence-corrected chi connectivity index (χ3v) is 6.15. The maximum absolute atomic E-state index is 11.3. The zero-order valence-electron chi connectivity index (χ0n) is 21.4. The Kier molecular flexibility index (Phi) is 11.2. The number of benzene rings is 3. The van der Waals surface area contributed by atoms with Crippen LogP contribution in [0.25, 0.3) is 0 Å². The topological polar surface area (TPSA) is 128 Å². The van der Waals surface area contributed by atoms with Crippen LogP contribution in [0.15, 0.2) is 97.1 Å². The van der Waals surface area contributed by atoms with Crippen molar-refractivity contribution in [1.82, 2.24) is 9.80 Å². The van der Waals surface area contributed by atoms with E-state index in [0.717, 1.165) is 32.7 Å². The first-order valence-electron chi connectivity index (χ1n) is 12.5. The molecule has 3 N–H and O–H groups in total. The van der Waals surface area contributed by atoms with Crippen molar-refractivity contribution in [3.63, 3.8) is 0 Å². The molecule has 0 spiro atoms. The summed E-state index contributed by atoms with van der Waals surface area (Å²) < 4.78 is 5.78. The molecule has 1 aliphatic rings. The molecule has 1 heterocycles. The summed E-state index contributed by atoms with van der Waals surface area (Å²) >= 11 is 0. The highest BCUT2D eigenvalue weighted by atomic mass is 16.5. The Morgan fingerprint density at radius 3 is 1.69 bits per heavy atom. The fraction of sp³-hybridized carbons (Fsp3) is 0.233. The highest BCUT2D eigenvalue weighted by Crippen LogP contribution is 2.29. The molecule has 0 bridgehead atoms. The summed E-state index contributed by atoms with van der Waals surface area (Å²) in [6, 6.07) is 28.4. The number of piperazine rings is 1. The van der Waals surface area contributed by atoms with E-state index in [1.54, 1.807) is 24.3 Å². The first-order chi connectivity index (χ1) is 18.8. The lowest BCUT2D eigenvalue weighted by atomic mass is 9.96. The highest BCUT2D eigenvalue weighted by Gasteiger charge is 2.26. The number of hydrogen-bond donors (Lipinski definition) is 3. The van der Waals surface area contributed by atoms with E-state index in [1.165, 1.54) is 11.1 Å². The van der Waals surface area contributed by atoms with Crippen molar-refractivity contribution in [1.29, 1.82) is 0 Å². The number of carbonyl (C=O) groups is 3. The van der Waals surface area contributed by atoms with Gasteiger partial charge in [0.1, 0.15) is 17.9 Å². The quantitative estimate of drug-likeness (QED) is 0.333. The second kappa shape index (κ2) is 15.1. The van der Waals surface area contributed by atoms with Crippen LogP contribution in [0.4, 0.5) is 0 Å². The number of ether oxygens (including phenoxy) is 1. The molecular formula is C30H32N2O7. The molecule has 204 valence electrons. The molecule has 1 saturated heterocycles. The van der Waals surface area contributed by atoms with Gasteiger partial charge in [0.2, 0.25) is 0 Å². The summed E-state index contributed by atoms with van der Waals surface area (Å²) in [5, 5.41) is 24.9. The average molecular weight is 533 g/mol. The van der Waals surface area contributed by atoms with Gasteiger partial charge in [-0.05, 0) is 23.3 Å². The van der Waals surface area contributed by atoms with Crippen LogP contribution in [0.5, 0.6) is 5.75 Å². The summed E-state index contributed by atoms with van der Waals surface area (Å²) in [7, 11) is 0. The number of hydrogen-bond acceptors (Lipinski definition) is 6. The van der Waals surface area contributed by atoms with Crippen molar-refractivity contribution in [2.24, 2.45) is 0 Å². The van der Waals surface area contributed by atoms with Crippen molar-refractivity contribution in [3.8, 4) is 5.75 Å². The van der Waals surface area contributed by atoms with Gasteiger partial charge in [0, 0.05) is 44.9 Å². The molecular weight excluding hydrogens is 500 g/mol. The number of aromatic carboxylic acids is 1. The van der Waals surface area contributed by atoms with Gasteiger partial charge in [0.25, 0.3) is 0 Å². The van der Waals surface area contributed by atoms with Gasteiger partial charge in [-0.3, -0.25) is 9.80 Å². The molecule has 0 unspecified atom stereocenters. The molecule has 9 nitrogen and oxygen atoms in total. The van der Waals surface area contributed by atoms with Gasteiger partial charge in [0.15, 0.2) is 0 Å². The fourth-order valence-corrected chi connectivity index (χ4v) is 4.33. The number of nitrogens with zero attached hydrogens (tertiary/aromatic N) is 2. The Balaban J connectivity index is 0.000000459. The van der Waals surface area contributed by atoms with Crippen LogP contribution in [0.1, 0.15) is 27.5 Å². The number of aliphatic carboxylic acids is 2. The van der Waals surface area contributed by atoms with Crippen LogP contribution in [-0.2, 0) is 9.59 Å². The minimum Gasteiger partial charge on any atom is -0.491 e. The Bertz CT molecular complexity index is 1180. The number of para-hydroxylation sites is 1. The van der Waals surface area contributed by atoms with Crippen molar-refractivity contribution in [2.45, 2.75) is 6.04 Å². The largest absolute Gasteiger partial charge is 0.491 e. The van der Waals surface area contributed by atoms with Gasteiger partial charge >= 0.3 is 17.9 Å². The lowest BCUT2D eigenvalue weighted by molar-refractivity contribution is -0.134. The third-order valence-electron chi connectivity index (χ3n) is 6.15. The van der Waals surface area contributed by atoms with Crippen LogP contribution in [-0.4, -0.2) is 82.4 Å². The first kappa shape index (κ1) is 29.1. The van der Waals surface area contributed by atoms with E-state index in [0.29, 0.717) is 24.5 Å². The molecule has 0 atom stereocenters. The Labute approximate surface area is 227 Å². The molecule has 0 aromatic heterocycles. The highest BCUT2D eigenvalue weighted by molar-refractivity contribution is 5.90. The summed E-state index contributed by atoms with van der Waals surface area (Å²) in [5.74, 6) is -3.04. The molecule has 0 saturated carbocycles. The van der Waals surface area contributed by atoms with Crippen molar-refractivity contribution < 1.29 is 34.4 Å². The van der Waals surface area contributed by atoms with E-state index in [1.807, 2.05) is 0 Å². The number of rotatable bonds is 10. The van der Waals surface area contributed by atoms with E-state index in [9.17, 15) is 19.5 Å². The molecule has 4 rings (SSSR count). The molecule has 0 amide bonds. The van der Waals surface area contributed by atoms with E-state index in [2.05, 4.69) is 70.5 Å². The van der Waals surface area contributed by atoms with Crippen molar-refractivity contribution >= 4 is 17.9 Å². The smallest absolute Gasteiger partial charge is 0.339 e. The van der Waals surface area contributed by atoms with Crippen molar-refractivity contribution in [3.05, 3.63) is 114 Å². The molecule has 0 aliphatic carbocycles. The van der Waals surface area contributed by atoms with Gasteiger partial charge in [-0.1, -0.05) is 72.8 Å². The summed E-state index contributed by atoms with van der Waals surface area (Å²) in [6.07, 6.45) is 1.12. The van der Waals surface area contributed by atoms with E-state index < -0.39 is 17.9 Å². The maximum Gasteiger partial charge on any atom is 0.339 e. The minimum atomic E-state index is -1.26. The van der Waals surface area contributed by atoms with Gasteiger partial charge in [-0.2, -0.15) is 0 Å². The van der Waals surface area contributed by atoms with Gasteiger partial charge in [-0.15, -0.1) is 0 Å². The molecule has 9 heteroatoms. The van der Waals surface area contributed by atoms with Gasteiger partial charge < -0.3 is 20.1 Å². The standard InChI is InChI=1S/C26H28N2O3.C4H4O4/c29-26(30)23-13-7-8-14-24(23)31-20-19-27-15-17-28(18-16-27)25(21-9-3-1-4-10-21)22-11-5-2-6-12-22;5-3(6)1-2-4(7)8/h1-14,25H,15-20H2,(H,29,30);1-2H,(H,5,6)(H,7,8)/b;2-1-. The van der Waals surface area contributed by atoms with Crippen LogP contribution >= 0.6 is 0 Å². The summed E-state index contributed by atoms with van der Waals surface area (Å²) in [5.41, 5.74) is 2.84. The number of carboxylic acid groups (broad SMARTS) is 3. The zero-order chi connectivity index (χ0) is 28.0. The molecule has 1 fully saturated rings. The first-order valence-corrected chi connectivity index (χ1v) is 12.5. The number of carboxylic acids is 3. The molecule has 3 aromatic rings. The Morgan fingerprint density at radius 2 is 1.21 bits per heavy atom. The Morgan fingerprint density at radius 1 is 0.718 bits per heavy atom. The zero-order valence-corrected chi connectivity index (χ0v) is 21.4. The molecule has 39 heavy (non-hydrogen) atoms. The van der Waals surface area contributed by atoms with Crippen LogP contribution in [0, 0.1) is 0 Å². The minimum absolute atomic E-state index is 0.209. The van der Waals surface area contributed by atoms with Crippen molar-refractivity contribution in [2.75, 3.05) is 39.3 Å². The van der Waals surface area contributed by atoms with Crippen LogP contribution < -0.4 is 4.74 Å². The second-order valence-electron chi connectivity index (χ2n) is 8.76. The predicted molar refractivity (Wildman–Crippen MR) is 146 cm³/mol. The molecule has 1 aliphatic heterocycles. The van der Waals surface area contributed by atoms with Crippen LogP contribution in [0.3, 0.4) is 0 Å². The van der Waals surface area contributed by atoms with Crippen LogP contribution in [0.2, 0.25) is 0 Å². The summed E-state index contributed by atoms with van der Waals surface area (Å²) in [6.45, 7) is 5.12. The Hall–Kier alpha value is -4.47. The third kappa shape index (κ3) is 9.41. The van der Waals surface area contributed by atoms with E-state index >= 15 is 0 Å². The van der Waals surface area contributed by atoms with Gasteiger partial charge in [0.05, 0.1) is 6.04 Å². The fourth-order valence-electron chi connectivity index (χ4n) is 4.33. The predicted octanol–water partition coefficient (Wildman–Crippen LogP) is 3.88. The maximum atomic E-state index is 11.3. The van der Waals surface area contributed by atoms with E-state index in [4.69, 9.17) is 14.9 Å². The molecule has 0 radical (unpaired) electrons. The van der Waals surface area contributed by atoms with Gasteiger partial charge in [-0.25, -0.2) is 14.4 Å². The summed E-state index contributed by atoms with van der Waals surface area (Å²) in [4.78, 5) is 35.4. The lowest BCUT2D eigenvalue weighted by Gasteiger charge is -2.39.